The normalized spacial score (nSPS) is 16.8. The summed E-state index contributed by atoms with van der Waals surface area (Å²) in [7, 11) is -3.16. The molecule has 1 aliphatic heterocycles. The second-order valence-electron chi connectivity index (χ2n) is 6.81. The molecule has 3 aromatic rings. The number of H-pyrrole nitrogens is 1. The zero-order valence-corrected chi connectivity index (χ0v) is 15.9. The van der Waals surface area contributed by atoms with Gasteiger partial charge in [0, 0.05) is 36.8 Å². The second kappa shape index (κ2) is 6.94. The number of benzene rings is 1. The summed E-state index contributed by atoms with van der Waals surface area (Å²) in [5, 5.41) is 2.97. The van der Waals surface area contributed by atoms with Gasteiger partial charge in [-0.3, -0.25) is 9.89 Å². The molecule has 1 aromatic carbocycles. The SMILES string of the molecule is CCS(=O)(=O)N1CCC(c2cc(=O)n3[nH]cc(-c4ccccc4)c3n2)CC1. The van der Waals surface area contributed by atoms with Crippen molar-refractivity contribution in [1.82, 2.24) is 18.9 Å². The number of piperidine rings is 1. The lowest BCUT2D eigenvalue weighted by molar-refractivity contribution is 0.317. The predicted molar refractivity (Wildman–Crippen MR) is 104 cm³/mol. The highest BCUT2D eigenvalue weighted by atomic mass is 32.2. The fourth-order valence-corrected chi connectivity index (χ4v) is 4.78. The van der Waals surface area contributed by atoms with E-state index in [9.17, 15) is 13.2 Å². The molecule has 0 unspecified atom stereocenters. The van der Waals surface area contributed by atoms with Crippen molar-refractivity contribution in [2.24, 2.45) is 0 Å². The van der Waals surface area contributed by atoms with Gasteiger partial charge in [-0.15, -0.1) is 0 Å². The maximum atomic E-state index is 12.5. The Kier molecular flexibility index (Phi) is 4.61. The van der Waals surface area contributed by atoms with E-state index in [1.807, 2.05) is 30.3 Å². The molecule has 7 nitrogen and oxygen atoms in total. The number of nitrogens with one attached hydrogen (secondary N) is 1. The van der Waals surface area contributed by atoms with E-state index in [1.165, 1.54) is 4.52 Å². The smallest absolute Gasteiger partial charge is 0.272 e. The molecule has 1 N–H and O–H groups in total. The Morgan fingerprint density at radius 1 is 1.19 bits per heavy atom. The average molecular weight is 386 g/mol. The number of rotatable bonds is 4. The van der Waals surface area contributed by atoms with Crippen LogP contribution in [0.3, 0.4) is 0 Å². The van der Waals surface area contributed by atoms with Gasteiger partial charge in [-0.25, -0.2) is 22.2 Å². The fourth-order valence-electron chi connectivity index (χ4n) is 3.65. The highest BCUT2D eigenvalue weighted by molar-refractivity contribution is 7.89. The van der Waals surface area contributed by atoms with Crippen LogP contribution in [0.2, 0.25) is 0 Å². The lowest BCUT2D eigenvalue weighted by Crippen LogP contribution is -2.39. The summed E-state index contributed by atoms with van der Waals surface area (Å²) in [4.78, 5) is 17.3. The van der Waals surface area contributed by atoms with Crippen molar-refractivity contribution < 1.29 is 8.42 Å². The molecular weight excluding hydrogens is 364 g/mol. The molecule has 4 rings (SSSR count). The van der Waals surface area contributed by atoms with E-state index < -0.39 is 10.0 Å². The minimum absolute atomic E-state index is 0.0875. The van der Waals surface area contributed by atoms with Gasteiger partial charge in [-0.1, -0.05) is 30.3 Å². The topological polar surface area (TPSA) is 87.5 Å². The standard InChI is InChI=1S/C19H22N4O3S/c1-2-27(25,26)22-10-8-15(9-11-22)17-12-18(24)23-19(21-17)16(13-20-23)14-6-4-3-5-7-14/h3-7,12-13,15,20H,2,8-11H2,1H3. The summed E-state index contributed by atoms with van der Waals surface area (Å²) in [5.74, 6) is 0.206. The van der Waals surface area contributed by atoms with Gasteiger partial charge in [-0.2, -0.15) is 0 Å². The average Bonchev–Trinajstić information content (AvgIpc) is 3.13. The molecule has 27 heavy (non-hydrogen) atoms. The molecule has 1 saturated heterocycles. The first kappa shape index (κ1) is 17.9. The van der Waals surface area contributed by atoms with Crippen LogP contribution in [0.4, 0.5) is 0 Å². The molecule has 1 aliphatic rings. The van der Waals surface area contributed by atoms with Crippen LogP contribution in [0.1, 0.15) is 31.4 Å². The van der Waals surface area contributed by atoms with Crippen LogP contribution in [-0.4, -0.2) is 46.2 Å². The fraction of sp³-hybridized carbons (Fsp3) is 0.368. The molecule has 0 spiro atoms. The van der Waals surface area contributed by atoms with Crippen molar-refractivity contribution in [2.75, 3.05) is 18.8 Å². The third-order valence-electron chi connectivity index (χ3n) is 5.23. The van der Waals surface area contributed by atoms with Gasteiger partial charge in [-0.05, 0) is 25.3 Å². The van der Waals surface area contributed by atoms with E-state index >= 15 is 0 Å². The number of sulfonamides is 1. The molecule has 1 fully saturated rings. The van der Waals surface area contributed by atoms with Crippen molar-refractivity contribution in [1.29, 1.82) is 0 Å². The third-order valence-corrected chi connectivity index (χ3v) is 7.11. The monoisotopic (exact) mass is 386 g/mol. The molecule has 0 atom stereocenters. The lowest BCUT2D eigenvalue weighted by Gasteiger charge is -2.30. The molecule has 0 amide bonds. The first-order chi connectivity index (χ1) is 13.0. The van der Waals surface area contributed by atoms with Crippen LogP contribution in [0.5, 0.6) is 0 Å². The van der Waals surface area contributed by atoms with Gasteiger partial charge in [0.1, 0.15) is 0 Å². The molecule has 0 bridgehead atoms. The highest BCUT2D eigenvalue weighted by Gasteiger charge is 2.28. The Morgan fingerprint density at radius 3 is 2.56 bits per heavy atom. The van der Waals surface area contributed by atoms with Crippen LogP contribution < -0.4 is 5.56 Å². The summed E-state index contributed by atoms with van der Waals surface area (Å²) in [6, 6.07) is 11.4. The Hall–Kier alpha value is -2.45. The lowest BCUT2D eigenvalue weighted by atomic mass is 9.94. The zero-order valence-electron chi connectivity index (χ0n) is 15.1. The van der Waals surface area contributed by atoms with Gasteiger partial charge < -0.3 is 0 Å². The van der Waals surface area contributed by atoms with Gasteiger partial charge >= 0.3 is 0 Å². The Morgan fingerprint density at radius 2 is 1.89 bits per heavy atom. The highest BCUT2D eigenvalue weighted by Crippen LogP contribution is 2.29. The van der Waals surface area contributed by atoms with Crippen LogP contribution >= 0.6 is 0 Å². The Labute approximate surface area is 157 Å². The summed E-state index contributed by atoms with van der Waals surface area (Å²) < 4.78 is 27.1. The number of aromatic amines is 1. The third kappa shape index (κ3) is 3.30. The van der Waals surface area contributed by atoms with E-state index in [0.29, 0.717) is 31.6 Å². The number of hydrogen-bond acceptors (Lipinski definition) is 4. The molecule has 8 heteroatoms. The summed E-state index contributed by atoms with van der Waals surface area (Å²) in [5.41, 5.74) is 3.06. The van der Waals surface area contributed by atoms with Crippen molar-refractivity contribution in [3.8, 4) is 11.1 Å². The molecule has 2 aromatic heterocycles. The van der Waals surface area contributed by atoms with Gasteiger partial charge in [0.2, 0.25) is 10.0 Å². The van der Waals surface area contributed by atoms with Crippen LogP contribution in [-0.2, 0) is 10.0 Å². The van der Waals surface area contributed by atoms with Crippen molar-refractivity contribution >= 4 is 15.7 Å². The van der Waals surface area contributed by atoms with Crippen LogP contribution in [0.25, 0.3) is 16.8 Å². The molecule has 0 saturated carbocycles. The van der Waals surface area contributed by atoms with Gasteiger partial charge in [0.25, 0.3) is 5.56 Å². The number of nitrogens with zero attached hydrogens (tertiary/aromatic N) is 3. The molecule has 142 valence electrons. The summed E-state index contributed by atoms with van der Waals surface area (Å²) >= 11 is 0. The van der Waals surface area contributed by atoms with Crippen LogP contribution in [0.15, 0.2) is 47.4 Å². The number of fused-ring (bicyclic) bond motifs is 1. The van der Waals surface area contributed by atoms with Crippen molar-refractivity contribution in [2.45, 2.75) is 25.7 Å². The van der Waals surface area contributed by atoms with Crippen molar-refractivity contribution in [3.63, 3.8) is 0 Å². The number of hydrogen-bond donors (Lipinski definition) is 1. The minimum Gasteiger partial charge on any atom is -0.296 e. The Bertz CT molecular complexity index is 1110. The van der Waals surface area contributed by atoms with E-state index in [2.05, 4.69) is 5.10 Å². The number of aromatic nitrogens is 3. The van der Waals surface area contributed by atoms with Gasteiger partial charge in [0.05, 0.1) is 11.4 Å². The maximum Gasteiger partial charge on any atom is 0.272 e. The van der Waals surface area contributed by atoms with E-state index in [1.54, 1.807) is 23.5 Å². The summed E-state index contributed by atoms with van der Waals surface area (Å²) in [6.07, 6.45) is 3.14. The van der Waals surface area contributed by atoms with E-state index in [0.717, 1.165) is 16.8 Å². The quantitative estimate of drug-likeness (QED) is 0.745. The predicted octanol–water partition coefficient (Wildman–Crippen LogP) is 2.22. The minimum atomic E-state index is -3.16. The van der Waals surface area contributed by atoms with Gasteiger partial charge in [0.15, 0.2) is 5.65 Å². The van der Waals surface area contributed by atoms with Crippen molar-refractivity contribution in [3.05, 3.63) is 58.6 Å². The largest absolute Gasteiger partial charge is 0.296 e. The maximum absolute atomic E-state index is 12.5. The Balaban J connectivity index is 1.67. The molecule has 3 heterocycles. The van der Waals surface area contributed by atoms with E-state index in [-0.39, 0.29) is 17.2 Å². The molecular formula is C19H22N4O3S. The van der Waals surface area contributed by atoms with Crippen LogP contribution in [0, 0.1) is 0 Å². The molecule has 0 aliphatic carbocycles. The second-order valence-corrected chi connectivity index (χ2v) is 9.06. The zero-order chi connectivity index (χ0) is 19.0. The first-order valence-electron chi connectivity index (χ1n) is 9.14. The van der Waals surface area contributed by atoms with E-state index in [4.69, 9.17) is 4.98 Å². The summed E-state index contributed by atoms with van der Waals surface area (Å²) in [6.45, 7) is 2.61. The first-order valence-corrected chi connectivity index (χ1v) is 10.7. The molecule has 0 radical (unpaired) electrons.